The molecule has 1 heterocycles. The number of nitrogens with one attached hydrogen (secondary N) is 1. The molecule has 150 valence electrons. The molecule has 0 atom stereocenters. The minimum atomic E-state index is -0.109. The molecule has 5 nitrogen and oxygen atoms in total. The molecule has 3 rings (SSSR count). The van der Waals surface area contributed by atoms with Crippen molar-refractivity contribution in [3.8, 4) is 5.75 Å². The van der Waals surface area contributed by atoms with Crippen molar-refractivity contribution in [3.63, 3.8) is 0 Å². The van der Waals surface area contributed by atoms with Gasteiger partial charge in [0.05, 0.1) is 12.8 Å². The molecule has 2 amide bonds. The highest BCUT2D eigenvalue weighted by Crippen LogP contribution is 2.28. The smallest absolute Gasteiger partial charge is 0.317 e. The number of ether oxygens (including phenoxy) is 1. The van der Waals surface area contributed by atoms with Crippen molar-refractivity contribution in [2.45, 2.75) is 26.2 Å². The molecule has 2 aromatic rings. The fraction of sp³-hybridized carbons (Fsp3) is 0.435. The predicted molar refractivity (Wildman–Crippen MR) is 114 cm³/mol. The minimum absolute atomic E-state index is 0.0138. The van der Waals surface area contributed by atoms with Crippen LogP contribution in [-0.2, 0) is 5.41 Å². The number of methoxy groups -OCH3 is 1. The Balaban J connectivity index is 1.53. The lowest BCUT2D eigenvalue weighted by Gasteiger charge is -2.37. The standard InChI is InChI=1S/C23H31N3O2/c1-18-9-11-19(12-10-18)23(2,3)17-24-22(27)26-15-13-25(14-16-26)20-7-5-6-8-21(20)28-4/h5-12H,13-17H2,1-4H3,(H,24,27). The van der Waals surface area contributed by atoms with Gasteiger partial charge in [-0.1, -0.05) is 55.8 Å². The van der Waals surface area contributed by atoms with Crippen LogP contribution in [0.15, 0.2) is 48.5 Å². The number of hydrogen-bond donors (Lipinski definition) is 1. The average Bonchev–Trinajstić information content (AvgIpc) is 2.72. The number of piperazine rings is 1. The third-order valence-electron chi connectivity index (χ3n) is 5.51. The van der Waals surface area contributed by atoms with Crippen LogP contribution in [0.2, 0.25) is 0 Å². The van der Waals surface area contributed by atoms with Crippen molar-refractivity contribution in [2.24, 2.45) is 0 Å². The summed E-state index contributed by atoms with van der Waals surface area (Å²) < 4.78 is 5.46. The average molecular weight is 382 g/mol. The van der Waals surface area contributed by atoms with Crippen molar-refractivity contribution >= 4 is 11.7 Å². The second-order valence-electron chi connectivity index (χ2n) is 8.05. The highest BCUT2D eigenvalue weighted by molar-refractivity contribution is 5.75. The van der Waals surface area contributed by atoms with Crippen LogP contribution in [0.4, 0.5) is 10.5 Å². The maximum absolute atomic E-state index is 12.7. The quantitative estimate of drug-likeness (QED) is 0.857. The van der Waals surface area contributed by atoms with E-state index in [2.05, 4.69) is 61.3 Å². The summed E-state index contributed by atoms with van der Waals surface area (Å²) in [4.78, 5) is 16.8. The Morgan fingerprint density at radius 2 is 1.68 bits per heavy atom. The van der Waals surface area contributed by atoms with E-state index in [1.807, 2.05) is 23.1 Å². The van der Waals surface area contributed by atoms with E-state index >= 15 is 0 Å². The molecule has 0 aromatic heterocycles. The molecule has 5 heteroatoms. The SMILES string of the molecule is COc1ccccc1N1CCN(C(=O)NCC(C)(C)c2ccc(C)cc2)CC1. The zero-order valence-electron chi connectivity index (χ0n) is 17.4. The number of benzene rings is 2. The highest BCUT2D eigenvalue weighted by atomic mass is 16.5. The molecule has 0 radical (unpaired) electrons. The van der Waals surface area contributed by atoms with E-state index in [0.717, 1.165) is 24.5 Å². The van der Waals surface area contributed by atoms with Crippen molar-refractivity contribution in [1.29, 1.82) is 0 Å². The summed E-state index contributed by atoms with van der Waals surface area (Å²) in [6.07, 6.45) is 0. The number of aryl methyl sites for hydroxylation is 1. The summed E-state index contributed by atoms with van der Waals surface area (Å²) in [5.74, 6) is 0.875. The molecule has 2 aromatic carbocycles. The third-order valence-corrected chi connectivity index (χ3v) is 5.51. The lowest BCUT2D eigenvalue weighted by atomic mass is 9.84. The Labute approximate surface area is 168 Å². The van der Waals surface area contributed by atoms with E-state index in [4.69, 9.17) is 4.74 Å². The van der Waals surface area contributed by atoms with Crippen LogP contribution in [0.5, 0.6) is 5.75 Å². The summed E-state index contributed by atoms with van der Waals surface area (Å²) in [5, 5.41) is 3.13. The zero-order valence-corrected chi connectivity index (χ0v) is 17.4. The molecule has 0 spiro atoms. The molecule has 1 fully saturated rings. The minimum Gasteiger partial charge on any atom is -0.495 e. The van der Waals surface area contributed by atoms with Gasteiger partial charge in [0, 0.05) is 38.1 Å². The normalized spacial score (nSPS) is 14.7. The number of carbonyl (C=O) groups excluding carboxylic acids is 1. The fourth-order valence-electron chi connectivity index (χ4n) is 3.56. The topological polar surface area (TPSA) is 44.8 Å². The van der Waals surface area contributed by atoms with Crippen LogP contribution in [0.3, 0.4) is 0 Å². The molecule has 1 N–H and O–H groups in total. The monoisotopic (exact) mass is 381 g/mol. The molecule has 1 aliphatic rings. The van der Waals surface area contributed by atoms with Crippen LogP contribution < -0.4 is 15.0 Å². The summed E-state index contributed by atoms with van der Waals surface area (Å²) in [5.41, 5.74) is 3.46. The number of carbonyl (C=O) groups is 1. The van der Waals surface area contributed by atoms with Gasteiger partial charge in [0.1, 0.15) is 5.75 Å². The molecule has 0 saturated carbocycles. The Kier molecular flexibility index (Phi) is 6.12. The number of rotatable bonds is 5. The van der Waals surface area contributed by atoms with Crippen molar-refractivity contribution in [1.82, 2.24) is 10.2 Å². The number of anilines is 1. The first-order chi connectivity index (χ1) is 13.4. The van der Waals surface area contributed by atoms with Gasteiger partial charge in [-0.05, 0) is 24.6 Å². The second kappa shape index (κ2) is 8.55. The van der Waals surface area contributed by atoms with E-state index in [-0.39, 0.29) is 11.4 Å². The van der Waals surface area contributed by atoms with Gasteiger partial charge in [-0.3, -0.25) is 0 Å². The van der Waals surface area contributed by atoms with E-state index in [1.54, 1.807) is 7.11 Å². The van der Waals surface area contributed by atoms with Crippen LogP contribution in [0, 0.1) is 6.92 Å². The van der Waals surface area contributed by atoms with Gasteiger partial charge >= 0.3 is 6.03 Å². The first-order valence-electron chi connectivity index (χ1n) is 9.88. The first-order valence-corrected chi connectivity index (χ1v) is 9.88. The van der Waals surface area contributed by atoms with Crippen LogP contribution in [0.25, 0.3) is 0 Å². The van der Waals surface area contributed by atoms with Gasteiger partial charge in [0.25, 0.3) is 0 Å². The van der Waals surface area contributed by atoms with Gasteiger partial charge in [-0.15, -0.1) is 0 Å². The molecule has 1 aliphatic heterocycles. The fourth-order valence-corrected chi connectivity index (χ4v) is 3.56. The van der Waals surface area contributed by atoms with Crippen molar-refractivity contribution < 1.29 is 9.53 Å². The number of para-hydroxylation sites is 2. The first kappa shape index (κ1) is 20.1. The Bertz CT molecular complexity index is 794. The van der Waals surface area contributed by atoms with Gasteiger partial charge < -0.3 is 19.9 Å². The van der Waals surface area contributed by atoms with Gasteiger partial charge in [0.15, 0.2) is 0 Å². The summed E-state index contributed by atoms with van der Waals surface area (Å²) in [6, 6.07) is 16.6. The summed E-state index contributed by atoms with van der Waals surface area (Å²) in [6.45, 7) is 10.0. The number of amides is 2. The van der Waals surface area contributed by atoms with Crippen molar-refractivity contribution in [3.05, 3.63) is 59.7 Å². The lowest BCUT2D eigenvalue weighted by Crippen LogP contribution is -2.53. The molecule has 0 aliphatic carbocycles. The Morgan fingerprint density at radius 3 is 2.32 bits per heavy atom. The van der Waals surface area contributed by atoms with Gasteiger partial charge in [-0.25, -0.2) is 4.79 Å². The Morgan fingerprint density at radius 1 is 1.04 bits per heavy atom. The maximum Gasteiger partial charge on any atom is 0.317 e. The molecule has 0 bridgehead atoms. The van der Waals surface area contributed by atoms with E-state index < -0.39 is 0 Å². The second-order valence-corrected chi connectivity index (χ2v) is 8.05. The molecular formula is C23H31N3O2. The predicted octanol–water partition coefficient (Wildman–Crippen LogP) is 3.81. The number of urea groups is 1. The van der Waals surface area contributed by atoms with Crippen LogP contribution in [0.1, 0.15) is 25.0 Å². The summed E-state index contributed by atoms with van der Waals surface area (Å²) >= 11 is 0. The lowest BCUT2D eigenvalue weighted by molar-refractivity contribution is 0.192. The zero-order chi connectivity index (χ0) is 20.1. The van der Waals surface area contributed by atoms with Gasteiger partial charge in [0.2, 0.25) is 0 Å². The maximum atomic E-state index is 12.7. The summed E-state index contributed by atoms with van der Waals surface area (Å²) in [7, 11) is 1.69. The Hall–Kier alpha value is -2.69. The molecule has 1 saturated heterocycles. The molecule has 28 heavy (non-hydrogen) atoms. The largest absolute Gasteiger partial charge is 0.495 e. The third kappa shape index (κ3) is 4.58. The van der Waals surface area contributed by atoms with E-state index in [1.165, 1.54) is 11.1 Å². The molecular weight excluding hydrogens is 350 g/mol. The molecule has 0 unspecified atom stereocenters. The van der Waals surface area contributed by atoms with Crippen LogP contribution in [-0.4, -0.2) is 50.8 Å². The highest BCUT2D eigenvalue weighted by Gasteiger charge is 2.26. The van der Waals surface area contributed by atoms with Crippen LogP contribution >= 0.6 is 0 Å². The van der Waals surface area contributed by atoms with E-state index in [9.17, 15) is 4.79 Å². The van der Waals surface area contributed by atoms with Crippen molar-refractivity contribution in [2.75, 3.05) is 44.7 Å². The number of hydrogen-bond acceptors (Lipinski definition) is 3. The number of nitrogens with zero attached hydrogens (tertiary/aromatic N) is 2. The van der Waals surface area contributed by atoms with E-state index in [0.29, 0.717) is 19.6 Å². The van der Waals surface area contributed by atoms with Gasteiger partial charge in [-0.2, -0.15) is 0 Å².